The maximum Gasteiger partial charge on any atom is 0.416 e. The predicted octanol–water partition coefficient (Wildman–Crippen LogP) is 4.22. The van der Waals surface area contributed by atoms with Gasteiger partial charge in [0.15, 0.2) is 0 Å². The van der Waals surface area contributed by atoms with Crippen LogP contribution in [0.3, 0.4) is 0 Å². The molecule has 0 fully saturated rings. The van der Waals surface area contributed by atoms with E-state index in [4.69, 9.17) is 4.74 Å². The van der Waals surface area contributed by atoms with E-state index in [-0.39, 0.29) is 11.5 Å². The third-order valence-corrected chi connectivity index (χ3v) is 2.73. The minimum atomic E-state index is -4.69. The van der Waals surface area contributed by atoms with Gasteiger partial charge in [-0.1, -0.05) is 0 Å². The number of ether oxygens (including phenoxy) is 1. The van der Waals surface area contributed by atoms with Crippen LogP contribution in [0.4, 0.5) is 18.9 Å². The molecular weight excluding hydrogens is 303 g/mol. The number of nitrogens with zero attached hydrogens (tertiary/aromatic N) is 1. The first-order chi connectivity index (χ1) is 10.3. The lowest BCUT2D eigenvalue weighted by molar-refractivity contribution is -0.385. The van der Waals surface area contributed by atoms with Crippen LogP contribution in [0.2, 0.25) is 0 Å². The molecule has 0 aliphatic heterocycles. The smallest absolute Gasteiger partial charge is 0.416 e. The highest BCUT2D eigenvalue weighted by molar-refractivity contribution is 5.74. The summed E-state index contributed by atoms with van der Waals surface area (Å²) in [7, 11) is 0. The van der Waals surface area contributed by atoms with E-state index in [9.17, 15) is 28.1 Å². The Hall–Kier alpha value is -2.90. The number of carbonyl (C=O) groups is 1. The molecule has 114 valence electrons. The maximum absolute atomic E-state index is 12.6. The highest BCUT2D eigenvalue weighted by Crippen LogP contribution is 2.37. The zero-order chi connectivity index (χ0) is 16.3. The van der Waals surface area contributed by atoms with Crippen LogP contribution < -0.4 is 4.74 Å². The summed E-state index contributed by atoms with van der Waals surface area (Å²) in [4.78, 5) is 20.5. The van der Waals surface area contributed by atoms with E-state index >= 15 is 0 Å². The first-order valence-electron chi connectivity index (χ1n) is 5.90. The molecule has 2 aromatic carbocycles. The molecule has 0 aromatic heterocycles. The Morgan fingerprint density at radius 3 is 2.23 bits per heavy atom. The van der Waals surface area contributed by atoms with E-state index in [0.29, 0.717) is 24.0 Å². The van der Waals surface area contributed by atoms with Crippen LogP contribution in [0.25, 0.3) is 0 Å². The topological polar surface area (TPSA) is 69.4 Å². The number of hydrogen-bond donors (Lipinski definition) is 0. The minimum Gasteiger partial charge on any atom is -0.450 e. The van der Waals surface area contributed by atoms with Gasteiger partial charge in [-0.3, -0.25) is 14.9 Å². The molecule has 0 amide bonds. The van der Waals surface area contributed by atoms with Gasteiger partial charge >= 0.3 is 11.9 Å². The molecule has 5 nitrogen and oxygen atoms in total. The van der Waals surface area contributed by atoms with Gasteiger partial charge in [0.05, 0.1) is 10.5 Å². The molecule has 0 aliphatic carbocycles. The van der Waals surface area contributed by atoms with Crippen molar-refractivity contribution < 1.29 is 27.6 Å². The van der Waals surface area contributed by atoms with Crippen molar-refractivity contribution in [2.24, 2.45) is 0 Å². The van der Waals surface area contributed by atoms with Crippen LogP contribution in [0.5, 0.6) is 11.5 Å². The lowest BCUT2D eigenvalue weighted by Crippen LogP contribution is -2.06. The number of benzene rings is 2. The van der Waals surface area contributed by atoms with Gasteiger partial charge in [0.2, 0.25) is 5.75 Å². The summed E-state index contributed by atoms with van der Waals surface area (Å²) >= 11 is 0. The molecule has 0 unspecified atom stereocenters. The van der Waals surface area contributed by atoms with Crippen LogP contribution in [-0.4, -0.2) is 11.2 Å². The van der Waals surface area contributed by atoms with Crippen LogP contribution in [0.1, 0.15) is 15.9 Å². The van der Waals surface area contributed by atoms with Crippen molar-refractivity contribution in [2.45, 2.75) is 6.18 Å². The molecule has 0 heterocycles. The van der Waals surface area contributed by atoms with Crippen LogP contribution in [0, 0.1) is 10.1 Å². The molecule has 2 rings (SSSR count). The molecule has 0 atom stereocenters. The second kappa shape index (κ2) is 5.84. The summed E-state index contributed by atoms with van der Waals surface area (Å²) in [5.74, 6) is -0.162. The fraction of sp³-hybridized carbons (Fsp3) is 0.0714. The highest BCUT2D eigenvalue weighted by Gasteiger charge is 2.33. The predicted molar refractivity (Wildman–Crippen MR) is 70.0 cm³/mol. The lowest BCUT2D eigenvalue weighted by atomic mass is 10.2. The van der Waals surface area contributed by atoms with Crippen molar-refractivity contribution in [1.82, 2.24) is 0 Å². The zero-order valence-corrected chi connectivity index (χ0v) is 10.8. The summed E-state index contributed by atoms with van der Waals surface area (Å²) in [6, 6.07) is 7.58. The number of alkyl halides is 3. The molecule has 0 N–H and O–H groups in total. The van der Waals surface area contributed by atoms with Crippen LogP contribution >= 0.6 is 0 Å². The van der Waals surface area contributed by atoms with Crippen LogP contribution in [0.15, 0.2) is 42.5 Å². The largest absolute Gasteiger partial charge is 0.450 e. The van der Waals surface area contributed by atoms with Crippen molar-refractivity contribution in [1.29, 1.82) is 0 Å². The normalized spacial score (nSPS) is 11.0. The van der Waals surface area contributed by atoms with Gasteiger partial charge in [0.1, 0.15) is 12.0 Å². The Kier molecular flexibility index (Phi) is 4.11. The average Bonchev–Trinajstić information content (AvgIpc) is 2.47. The SMILES string of the molecule is O=Cc1ccc(Oc2ccc(C(F)(F)F)cc2[N+](=O)[O-])cc1. The van der Waals surface area contributed by atoms with Gasteiger partial charge in [-0.25, -0.2) is 0 Å². The molecule has 8 heteroatoms. The first-order valence-corrected chi connectivity index (χ1v) is 5.90. The molecule has 0 aliphatic rings. The number of halogens is 3. The number of carbonyl (C=O) groups excluding carboxylic acids is 1. The number of nitro groups is 1. The van der Waals surface area contributed by atoms with Gasteiger partial charge in [-0.15, -0.1) is 0 Å². The van der Waals surface area contributed by atoms with E-state index in [1.54, 1.807) is 0 Å². The molecule has 0 radical (unpaired) electrons. The summed E-state index contributed by atoms with van der Waals surface area (Å²) in [6.07, 6.45) is -4.08. The number of rotatable bonds is 4. The molecule has 22 heavy (non-hydrogen) atoms. The Morgan fingerprint density at radius 2 is 1.73 bits per heavy atom. The van der Waals surface area contributed by atoms with Crippen molar-refractivity contribution >= 4 is 12.0 Å². The Labute approximate surface area is 122 Å². The maximum atomic E-state index is 12.6. The Bertz CT molecular complexity index is 711. The lowest BCUT2D eigenvalue weighted by Gasteiger charge is -2.10. The van der Waals surface area contributed by atoms with E-state index in [0.717, 1.165) is 6.07 Å². The van der Waals surface area contributed by atoms with E-state index in [1.807, 2.05) is 0 Å². The summed E-state index contributed by atoms with van der Waals surface area (Å²) in [5.41, 5.74) is -1.56. The van der Waals surface area contributed by atoms with Gasteiger partial charge in [0.25, 0.3) is 0 Å². The van der Waals surface area contributed by atoms with Crippen LogP contribution in [-0.2, 0) is 6.18 Å². The molecule has 0 saturated heterocycles. The Balaban J connectivity index is 2.37. The first kappa shape index (κ1) is 15.5. The van der Waals surface area contributed by atoms with E-state index < -0.39 is 22.4 Å². The monoisotopic (exact) mass is 311 g/mol. The summed E-state index contributed by atoms with van der Waals surface area (Å²) in [5, 5.41) is 10.9. The fourth-order valence-corrected chi connectivity index (χ4v) is 1.66. The van der Waals surface area contributed by atoms with Gasteiger partial charge in [0, 0.05) is 11.6 Å². The molecule has 0 spiro atoms. The third kappa shape index (κ3) is 3.40. The van der Waals surface area contributed by atoms with Crippen molar-refractivity contribution in [3.8, 4) is 11.5 Å². The van der Waals surface area contributed by atoms with Crippen molar-refractivity contribution in [3.05, 3.63) is 63.7 Å². The number of aldehydes is 1. The quantitative estimate of drug-likeness (QED) is 0.481. The third-order valence-electron chi connectivity index (χ3n) is 2.73. The second-order valence-electron chi connectivity index (χ2n) is 4.23. The molecular formula is C14H8F3NO4. The average molecular weight is 311 g/mol. The van der Waals surface area contributed by atoms with E-state index in [1.165, 1.54) is 24.3 Å². The summed E-state index contributed by atoms with van der Waals surface area (Å²) < 4.78 is 42.9. The highest BCUT2D eigenvalue weighted by atomic mass is 19.4. The van der Waals surface area contributed by atoms with Crippen molar-refractivity contribution in [3.63, 3.8) is 0 Å². The van der Waals surface area contributed by atoms with Gasteiger partial charge in [-0.2, -0.15) is 13.2 Å². The minimum absolute atomic E-state index is 0.161. The second-order valence-corrected chi connectivity index (χ2v) is 4.23. The molecule has 2 aromatic rings. The van der Waals surface area contributed by atoms with Gasteiger partial charge < -0.3 is 4.74 Å². The molecule has 0 bridgehead atoms. The zero-order valence-electron chi connectivity index (χ0n) is 10.8. The number of hydrogen-bond acceptors (Lipinski definition) is 4. The van der Waals surface area contributed by atoms with E-state index in [2.05, 4.69) is 0 Å². The van der Waals surface area contributed by atoms with Crippen molar-refractivity contribution in [2.75, 3.05) is 0 Å². The standard InChI is InChI=1S/C14H8F3NO4/c15-14(16,17)10-3-6-13(12(7-10)18(20)21)22-11-4-1-9(8-19)2-5-11/h1-8H. The summed E-state index contributed by atoms with van der Waals surface area (Å²) in [6.45, 7) is 0. The fourth-order valence-electron chi connectivity index (χ4n) is 1.66. The molecule has 0 saturated carbocycles. The van der Waals surface area contributed by atoms with Gasteiger partial charge in [-0.05, 0) is 36.4 Å². The Morgan fingerprint density at radius 1 is 1.09 bits per heavy atom. The number of nitro benzene ring substituents is 1.